The first-order chi connectivity index (χ1) is 9.13. The van der Waals surface area contributed by atoms with E-state index < -0.39 is 0 Å². The van der Waals surface area contributed by atoms with Crippen molar-refractivity contribution in [2.45, 2.75) is 38.6 Å². The summed E-state index contributed by atoms with van der Waals surface area (Å²) in [4.78, 5) is 30.5. The lowest BCUT2D eigenvalue weighted by molar-refractivity contribution is -0.142. The Balaban J connectivity index is 2.13. The Hall–Kier alpha value is -1.43. The minimum atomic E-state index is -0.259. The summed E-state index contributed by atoms with van der Waals surface area (Å²) in [6.07, 6.45) is 3.17. The highest BCUT2D eigenvalue weighted by molar-refractivity contribution is 7.11. The number of carbonyl (C=O) groups is 2. The van der Waals surface area contributed by atoms with Crippen molar-refractivity contribution < 1.29 is 14.3 Å². The lowest BCUT2D eigenvalue weighted by Gasteiger charge is -2.35. The van der Waals surface area contributed by atoms with E-state index in [0.717, 1.165) is 25.0 Å². The number of nitrogens with zero attached hydrogens (tertiary/aromatic N) is 2. The van der Waals surface area contributed by atoms with Crippen LogP contribution in [-0.2, 0) is 9.53 Å². The third-order valence-electron chi connectivity index (χ3n) is 3.46. The molecule has 5 nitrogen and oxygen atoms in total. The second-order valence-corrected chi connectivity index (χ2v) is 5.55. The third kappa shape index (κ3) is 3.12. The van der Waals surface area contributed by atoms with E-state index in [9.17, 15) is 9.59 Å². The third-order valence-corrected chi connectivity index (χ3v) is 4.37. The van der Waals surface area contributed by atoms with Gasteiger partial charge in [-0.05, 0) is 26.2 Å². The molecule has 1 atom stereocenters. The summed E-state index contributed by atoms with van der Waals surface area (Å²) in [6.45, 7) is 2.54. The number of methoxy groups -OCH3 is 1. The number of aryl methyl sites for hydroxylation is 1. The molecule has 1 aromatic rings. The monoisotopic (exact) mass is 282 g/mol. The minimum absolute atomic E-state index is 0.00592. The van der Waals surface area contributed by atoms with Gasteiger partial charge in [-0.15, -0.1) is 11.3 Å². The van der Waals surface area contributed by atoms with Crippen molar-refractivity contribution >= 4 is 23.2 Å². The van der Waals surface area contributed by atoms with E-state index in [-0.39, 0.29) is 24.3 Å². The average Bonchev–Trinajstić information content (AvgIpc) is 2.84. The summed E-state index contributed by atoms with van der Waals surface area (Å²) >= 11 is 1.36. The Bertz CT molecular complexity index is 472. The van der Waals surface area contributed by atoms with Gasteiger partial charge in [-0.1, -0.05) is 0 Å². The number of rotatable bonds is 3. The van der Waals surface area contributed by atoms with Gasteiger partial charge >= 0.3 is 5.97 Å². The zero-order chi connectivity index (χ0) is 13.8. The summed E-state index contributed by atoms with van der Waals surface area (Å²) in [5.74, 6) is -0.265. The first-order valence-corrected chi connectivity index (χ1v) is 7.29. The molecule has 1 aliphatic rings. The van der Waals surface area contributed by atoms with Crippen LogP contribution in [0.3, 0.4) is 0 Å². The summed E-state index contributed by atoms with van der Waals surface area (Å²) in [7, 11) is 1.38. The standard InChI is InChI=1S/C13H18N2O3S/c1-9-12(19-8-14-9)13(17)15-6-4-3-5-10(15)7-11(16)18-2/h8,10H,3-7H2,1-2H3. The van der Waals surface area contributed by atoms with E-state index in [1.165, 1.54) is 18.4 Å². The summed E-state index contributed by atoms with van der Waals surface area (Å²) < 4.78 is 4.71. The quantitative estimate of drug-likeness (QED) is 0.796. The molecule has 0 aromatic carbocycles. The molecule has 0 saturated carbocycles. The maximum atomic E-state index is 12.5. The average molecular weight is 282 g/mol. The molecule has 19 heavy (non-hydrogen) atoms. The van der Waals surface area contributed by atoms with E-state index in [0.29, 0.717) is 11.4 Å². The first-order valence-electron chi connectivity index (χ1n) is 6.41. The van der Waals surface area contributed by atoms with Crippen LogP contribution < -0.4 is 0 Å². The summed E-state index contributed by atoms with van der Waals surface area (Å²) in [5.41, 5.74) is 2.44. The van der Waals surface area contributed by atoms with Crippen molar-refractivity contribution in [1.29, 1.82) is 0 Å². The van der Waals surface area contributed by atoms with E-state index in [1.807, 2.05) is 6.92 Å². The fourth-order valence-corrected chi connectivity index (χ4v) is 3.15. The fourth-order valence-electron chi connectivity index (χ4n) is 2.39. The highest BCUT2D eigenvalue weighted by Gasteiger charge is 2.30. The number of amides is 1. The molecule has 0 radical (unpaired) electrons. The van der Waals surface area contributed by atoms with Gasteiger partial charge in [0.05, 0.1) is 24.7 Å². The topological polar surface area (TPSA) is 59.5 Å². The molecule has 1 fully saturated rings. The lowest BCUT2D eigenvalue weighted by atomic mass is 9.99. The fraction of sp³-hybridized carbons (Fsp3) is 0.615. The Kier molecular flexibility index (Phi) is 4.52. The highest BCUT2D eigenvalue weighted by Crippen LogP contribution is 2.24. The minimum Gasteiger partial charge on any atom is -0.469 e. The Labute approximate surface area is 116 Å². The van der Waals surface area contributed by atoms with Gasteiger partial charge < -0.3 is 9.64 Å². The van der Waals surface area contributed by atoms with Crippen LogP contribution in [0.25, 0.3) is 0 Å². The molecule has 1 saturated heterocycles. The molecule has 0 aliphatic carbocycles. The van der Waals surface area contributed by atoms with Crippen LogP contribution in [0.2, 0.25) is 0 Å². The van der Waals surface area contributed by atoms with Gasteiger partial charge in [0.25, 0.3) is 5.91 Å². The molecular formula is C13H18N2O3S. The molecule has 104 valence electrons. The maximum Gasteiger partial charge on any atom is 0.307 e. The van der Waals surface area contributed by atoms with Gasteiger partial charge in [0.15, 0.2) is 0 Å². The SMILES string of the molecule is COC(=O)CC1CCCCN1C(=O)c1scnc1C. The van der Waals surface area contributed by atoms with Crippen molar-refractivity contribution in [1.82, 2.24) is 9.88 Å². The van der Waals surface area contributed by atoms with Crippen LogP contribution in [0.1, 0.15) is 41.0 Å². The van der Waals surface area contributed by atoms with Crippen LogP contribution in [0.5, 0.6) is 0 Å². The van der Waals surface area contributed by atoms with E-state index in [4.69, 9.17) is 4.74 Å². The number of hydrogen-bond donors (Lipinski definition) is 0. The second kappa shape index (κ2) is 6.14. The van der Waals surface area contributed by atoms with Gasteiger partial charge in [-0.25, -0.2) is 4.98 Å². The van der Waals surface area contributed by atoms with Crippen molar-refractivity contribution in [2.24, 2.45) is 0 Å². The van der Waals surface area contributed by atoms with E-state index in [1.54, 1.807) is 10.4 Å². The van der Waals surface area contributed by atoms with Crippen molar-refractivity contribution in [3.05, 3.63) is 16.1 Å². The Morgan fingerprint density at radius 2 is 2.32 bits per heavy atom. The number of hydrogen-bond acceptors (Lipinski definition) is 5. The molecule has 2 rings (SSSR count). The van der Waals surface area contributed by atoms with Gasteiger partial charge in [0.1, 0.15) is 4.88 Å². The number of thiazole rings is 1. The molecule has 0 bridgehead atoms. The zero-order valence-corrected chi connectivity index (χ0v) is 12.0. The molecule has 0 N–H and O–H groups in total. The maximum absolute atomic E-state index is 12.5. The molecule has 1 aromatic heterocycles. The number of likely N-dealkylation sites (tertiary alicyclic amines) is 1. The van der Waals surface area contributed by atoms with Gasteiger partial charge in [0.2, 0.25) is 0 Å². The number of aromatic nitrogens is 1. The van der Waals surface area contributed by atoms with Crippen molar-refractivity contribution in [2.75, 3.05) is 13.7 Å². The lowest BCUT2D eigenvalue weighted by Crippen LogP contribution is -2.44. The Morgan fingerprint density at radius 3 is 2.95 bits per heavy atom. The van der Waals surface area contributed by atoms with Crippen molar-refractivity contribution in [3.8, 4) is 0 Å². The largest absolute Gasteiger partial charge is 0.469 e. The number of carbonyl (C=O) groups excluding carboxylic acids is 2. The number of piperidine rings is 1. The predicted octanol–water partition coefficient (Wildman–Crippen LogP) is 2.01. The van der Waals surface area contributed by atoms with E-state index in [2.05, 4.69) is 4.98 Å². The van der Waals surface area contributed by atoms with Crippen LogP contribution >= 0.6 is 11.3 Å². The van der Waals surface area contributed by atoms with Gasteiger partial charge in [-0.2, -0.15) is 0 Å². The van der Waals surface area contributed by atoms with E-state index >= 15 is 0 Å². The van der Waals surface area contributed by atoms with Crippen LogP contribution in [-0.4, -0.2) is 41.5 Å². The smallest absolute Gasteiger partial charge is 0.307 e. The van der Waals surface area contributed by atoms with Crippen LogP contribution in [0, 0.1) is 6.92 Å². The summed E-state index contributed by atoms with van der Waals surface area (Å²) in [6, 6.07) is -0.0461. The molecular weight excluding hydrogens is 264 g/mol. The molecule has 1 unspecified atom stereocenters. The second-order valence-electron chi connectivity index (χ2n) is 4.70. The van der Waals surface area contributed by atoms with Crippen LogP contribution in [0.15, 0.2) is 5.51 Å². The normalized spacial score (nSPS) is 19.3. The Morgan fingerprint density at radius 1 is 1.53 bits per heavy atom. The predicted molar refractivity (Wildman–Crippen MR) is 72.2 cm³/mol. The number of esters is 1. The van der Waals surface area contributed by atoms with Gasteiger partial charge in [-0.3, -0.25) is 9.59 Å². The first kappa shape index (κ1) is 14.0. The molecule has 1 amide bonds. The molecule has 2 heterocycles. The molecule has 1 aliphatic heterocycles. The number of ether oxygens (including phenoxy) is 1. The summed E-state index contributed by atoms with van der Waals surface area (Å²) in [5, 5.41) is 0. The molecule has 0 spiro atoms. The highest BCUT2D eigenvalue weighted by atomic mass is 32.1. The molecule has 6 heteroatoms. The van der Waals surface area contributed by atoms with Crippen molar-refractivity contribution in [3.63, 3.8) is 0 Å². The van der Waals surface area contributed by atoms with Crippen LogP contribution in [0.4, 0.5) is 0 Å². The zero-order valence-electron chi connectivity index (χ0n) is 11.2. The van der Waals surface area contributed by atoms with Gasteiger partial charge in [0, 0.05) is 12.6 Å².